The number of rotatable bonds is 6. The van der Waals surface area contributed by atoms with Gasteiger partial charge in [0.25, 0.3) is 11.6 Å². The van der Waals surface area contributed by atoms with Gasteiger partial charge in [-0.05, 0) is 51.2 Å². The van der Waals surface area contributed by atoms with E-state index in [9.17, 15) is 19.7 Å². The molecular weight excluding hydrogens is 338 g/mol. The van der Waals surface area contributed by atoms with Crippen molar-refractivity contribution in [3.63, 3.8) is 0 Å². The van der Waals surface area contributed by atoms with Gasteiger partial charge in [-0.3, -0.25) is 14.9 Å². The Morgan fingerprint density at radius 1 is 1.27 bits per heavy atom. The van der Waals surface area contributed by atoms with Crippen LogP contribution in [-0.4, -0.2) is 42.0 Å². The molecule has 0 radical (unpaired) electrons. The molecular formula is C18H23N3O5. The van der Waals surface area contributed by atoms with E-state index < -0.39 is 17.0 Å². The molecule has 0 spiro atoms. The van der Waals surface area contributed by atoms with Crippen LogP contribution in [0.4, 0.5) is 11.4 Å². The van der Waals surface area contributed by atoms with E-state index >= 15 is 0 Å². The van der Waals surface area contributed by atoms with Gasteiger partial charge in [-0.15, -0.1) is 0 Å². The normalized spacial score (nSPS) is 18.1. The van der Waals surface area contributed by atoms with E-state index in [1.807, 2.05) is 4.90 Å². The second-order valence-electron chi connectivity index (χ2n) is 6.84. The van der Waals surface area contributed by atoms with Gasteiger partial charge in [0.15, 0.2) is 6.10 Å². The zero-order valence-electron chi connectivity index (χ0n) is 14.8. The predicted octanol–water partition coefficient (Wildman–Crippen LogP) is 2.41. The van der Waals surface area contributed by atoms with E-state index in [-0.39, 0.29) is 23.2 Å². The summed E-state index contributed by atoms with van der Waals surface area (Å²) in [5, 5.41) is 14.2. The minimum Gasteiger partial charge on any atom is -0.449 e. The molecule has 8 nitrogen and oxygen atoms in total. The molecule has 0 aromatic heterocycles. The summed E-state index contributed by atoms with van der Waals surface area (Å²) in [5.74, 6) is -1.09. The van der Waals surface area contributed by atoms with Gasteiger partial charge in [0.1, 0.15) is 5.69 Å². The van der Waals surface area contributed by atoms with Crippen LogP contribution in [0.5, 0.6) is 0 Å². The molecule has 2 aliphatic rings. The standard InChI is InChI=1S/C18H23N3O5/c1-12(17(22)19-14-6-7-14)26-18(23)13-5-8-15(16(11-13)21(24)25)20-9-3-2-4-10-20/h5,8,11-12,14H,2-4,6-7,9-10H2,1H3,(H,19,22)/t12-/m1/s1. The number of piperidine rings is 1. The summed E-state index contributed by atoms with van der Waals surface area (Å²) in [7, 11) is 0. The number of nitrogens with one attached hydrogen (secondary N) is 1. The van der Waals surface area contributed by atoms with Crippen LogP contribution in [0.2, 0.25) is 0 Å². The predicted molar refractivity (Wildman–Crippen MR) is 95.2 cm³/mol. The first-order valence-corrected chi connectivity index (χ1v) is 9.00. The Morgan fingerprint density at radius 2 is 1.96 bits per heavy atom. The molecule has 26 heavy (non-hydrogen) atoms. The number of carbonyl (C=O) groups excluding carboxylic acids is 2. The summed E-state index contributed by atoms with van der Waals surface area (Å²) in [6.45, 7) is 3.03. The molecule has 1 atom stereocenters. The summed E-state index contributed by atoms with van der Waals surface area (Å²) in [6, 6.07) is 4.52. The summed E-state index contributed by atoms with van der Waals surface area (Å²) < 4.78 is 5.16. The van der Waals surface area contributed by atoms with Crippen LogP contribution >= 0.6 is 0 Å². The zero-order chi connectivity index (χ0) is 18.7. The maximum absolute atomic E-state index is 12.3. The fourth-order valence-corrected chi connectivity index (χ4v) is 3.03. The Morgan fingerprint density at radius 3 is 2.58 bits per heavy atom. The third-order valence-corrected chi connectivity index (χ3v) is 4.68. The summed E-state index contributed by atoms with van der Waals surface area (Å²) in [6.07, 6.45) is 4.05. The molecule has 1 aliphatic carbocycles. The highest BCUT2D eigenvalue weighted by Gasteiger charge is 2.28. The number of hydrogen-bond donors (Lipinski definition) is 1. The topological polar surface area (TPSA) is 102 Å². The minimum atomic E-state index is -0.941. The number of ether oxygens (including phenoxy) is 1. The molecule has 0 unspecified atom stereocenters. The fourth-order valence-electron chi connectivity index (χ4n) is 3.03. The first-order chi connectivity index (χ1) is 12.5. The van der Waals surface area contributed by atoms with Gasteiger partial charge in [0, 0.05) is 25.2 Å². The number of nitrogens with zero attached hydrogens (tertiary/aromatic N) is 2. The second-order valence-corrected chi connectivity index (χ2v) is 6.84. The van der Waals surface area contributed by atoms with Gasteiger partial charge < -0.3 is 15.0 Å². The molecule has 1 amide bonds. The molecule has 1 aliphatic heterocycles. The van der Waals surface area contributed by atoms with Crippen molar-refractivity contribution in [2.24, 2.45) is 0 Å². The highest BCUT2D eigenvalue weighted by Crippen LogP contribution is 2.31. The van der Waals surface area contributed by atoms with Crippen LogP contribution in [0.3, 0.4) is 0 Å². The molecule has 1 heterocycles. The number of benzene rings is 1. The number of esters is 1. The quantitative estimate of drug-likeness (QED) is 0.474. The van der Waals surface area contributed by atoms with Crippen molar-refractivity contribution >= 4 is 23.3 Å². The Labute approximate surface area is 151 Å². The minimum absolute atomic E-state index is 0.0727. The van der Waals surface area contributed by atoms with E-state index in [1.165, 1.54) is 19.1 Å². The zero-order valence-corrected chi connectivity index (χ0v) is 14.8. The first kappa shape index (κ1) is 18.2. The number of nitro benzene ring substituents is 1. The van der Waals surface area contributed by atoms with E-state index in [0.29, 0.717) is 5.69 Å². The Hall–Kier alpha value is -2.64. The van der Waals surface area contributed by atoms with Crippen molar-refractivity contribution in [1.82, 2.24) is 5.32 Å². The molecule has 1 N–H and O–H groups in total. The van der Waals surface area contributed by atoms with Crippen LogP contribution < -0.4 is 10.2 Å². The number of amides is 1. The molecule has 1 aromatic rings. The average molecular weight is 361 g/mol. The van der Waals surface area contributed by atoms with Gasteiger partial charge in [-0.2, -0.15) is 0 Å². The smallest absolute Gasteiger partial charge is 0.339 e. The van der Waals surface area contributed by atoms with Crippen LogP contribution in [0.25, 0.3) is 0 Å². The number of carbonyl (C=O) groups is 2. The lowest BCUT2D eigenvalue weighted by Crippen LogP contribution is -2.37. The first-order valence-electron chi connectivity index (χ1n) is 9.00. The molecule has 1 saturated carbocycles. The lowest BCUT2D eigenvalue weighted by atomic mass is 10.1. The average Bonchev–Trinajstić information content (AvgIpc) is 3.45. The fraction of sp³-hybridized carbons (Fsp3) is 0.556. The number of hydrogen-bond acceptors (Lipinski definition) is 6. The van der Waals surface area contributed by atoms with Crippen molar-refractivity contribution in [2.75, 3.05) is 18.0 Å². The second kappa shape index (κ2) is 7.72. The van der Waals surface area contributed by atoms with Crippen molar-refractivity contribution in [1.29, 1.82) is 0 Å². The van der Waals surface area contributed by atoms with Gasteiger partial charge in [0.2, 0.25) is 0 Å². The summed E-state index contributed by atoms with van der Waals surface area (Å²) in [4.78, 5) is 37.1. The van der Waals surface area contributed by atoms with E-state index in [4.69, 9.17) is 4.74 Å². The molecule has 0 bridgehead atoms. The summed E-state index contributed by atoms with van der Waals surface area (Å²) in [5.41, 5.74) is 0.478. The van der Waals surface area contributed by atoms with Gasteiger partial charge >= 0.3 is 5.97 Å². The van der Waals surface area contributed by atoms with Crippen LogP contribution in [0, 0.1) is 10.1 Å². The van der Waals surface area contributed by atoms with E-state index in [1.54, 1.807) is 6.07 Å². The molecule has 1 saturated heterocycles. The maximum Gasteiger partial charge on any atom is 0.339 e. The molecule has 8 heteroatoms. The Kier molecular flexibility index (Phi) is 5.39. The SMILES string of the molecule is C[C@@H](OC(=O)c1ccc(N2CCCCC2)c([N+](=O)[O-])c1)C(=O)NC1CC1. The Balaban J connectivity index is 1.72. The highest BCUT2D eigenvalue weighted by molar-refractivity contribution is 5.93. The maximum atomic E-state index is 12.3. The van der Waals surface area contributed by atoms with Crippen molar-refractivity contribution in [2.45, 2.75) is 51.2 Å². The monoisotopic (exact) mass is 361 g/mol. The van der Waals surface area contributed by atoms with Crippen molar-refractivity contribution in [3.8, 4) is 0 Å². The van der Waals surface area contributed by atoms with Crippen LogP contribution in [-0.2, 0) is 9.53 Å². The highest BCUT2D eigenvalue weighted by atomic mass is 16.6. The van der Waals surface area contributed by atoms with Crippen molar-refractivity contribution in [3.05, 3.63) is 33.9 Å². The van der Waals surface area contributed by atoms with E-state index in [0.717, 1.165) is 45.2 Å². The lowest BCUT2D eigenvalue weighted by Gasteiger charge is -2.28. The van der Waals surface area contributed by atoms with E-state index in [2.05, 4.69) is 5.32 Å². The third kappa shape index (κ3) is 4.30. The number of anilines is 1. The van der Waals surface area contributed by atoms with Gasteiger partial charge in [-0.1, -0.05) is 0 Å². The number of nitro groups is 1. The van der Waals surface area contributed by atoms with Gasteiger partial charge in [0.05, 0.1) is 10.5 Å². The molecule has 140 valence electrons. The van der Waals surface area contributed by atoms with Crippen LogP contribution in [0.1, 0.15) is 49.4 Å². The Bertz CT molecular complexity index is 711. The molecule has 2 fully saturated rings. The van der Waals surface area contributed by atoms with Crippen molar-refractivity contribution < 1.29 is 19.2 Å². The lowest BCUT2D eigenvalue weighted by molar-refractivity contribution is -0.384. The summed E-state index contributed by atoms with van der Waals surface area (Å²) >= 11 is 0. The molecule has 1 aromatic carbocycles. The molecule has 3 rings (SSSR count). The third-order valence-electron chi connectivity index (χ3n) is 4.68. The van der Waals surface area contributed by atoms with Crippen LogP contribution in [0.15, 0.2) is 18.2 Å². The van der Waals surface area contributed by atoms with Gasteiger partial charge in [-0.25, -0.2) is 4.79 Å². The largest absolute Gasteiger partial charge is 0.449 e.